The second-order valence-electron chi connectivity index (χ2n) is 4.34. The van der Waals surface area contributed by atoms with E-state index in [1.807, 2.05) is 10.6 Å². The van der Waals surface area contributed by atoms with Crippen LogP contribution < -0.4 is 4.80 Å². The van der Waals surface area contributed by atoms with Gasteiger partial charge in [-0.3, -0.25) is 4.79 Å². The number of hydrogen-bond donors (Lipinski definition) is 0. The molecule has 0 bridgehead atoms. The van der Waals surface area contributed by atoms with E-state index in [1.165, 1.54) is 18.1 Å². The van der Waals surface area contributed by atoms with Gasteiger partial charge < -0.3 is 4.57 Å². The molecule has 1 aromatic heterocycles. The van der Waals surface area contributed by atoms with Crippen LogP contribution >= 0.6 is 11.3 Å². The fraction of sp³-hybridized carbons (Fsp3) is 0.286. The molecule has 0 aliphatic rings. The molecule has 0 saturated heterocycles. The minimum absolute atomic E-state index is 0.172. The predicted octanol–water partition coefficient (Wildman–Crippen LogP) is 2.95. The van der Waals surface area contributed by atoms with E-state index >= 15 is 0 Å². The molecule has 0 N–H and O–H groups in total. The van der Waals surface area contributed by atoms with Crippen molar-refractivity contribution < 1.29 is 4.79 Å². The van der Waals surface area contributed by atoms with Crippen LogP contribution in [0.5, 0.6) is 0 Å². The fourth-order valence-electron chi connectivity index (χ4n) is 2.11. The summed E-state index contributed by atoms with van der Waals surface area (Å²) < 4.78 is 3.21. The first-order chi connectivity index (χ1) is 8.52. The van der Waals surface area contributed by atoms with Crippen molar-refractivity contribution in [3.05, 3.63) is 40.7 Å². The summed E-state index contributed by atoms with van der Waals surface area (Å²) in [6, 6.07) is 4.28. The molecule has 94 valence electrons. The number of nitrogens with zero attached hydrogens (tertiary/aromatic N) is 2. The summed E-state index contributed by atoms with van der Waals surface area (Å²) in [4.78, 5) is 16.0. The lowest BCUT2D eigenvalue weighted by atomic mass is 10.1. The number of allylic oxidation sites excluding steroid dienone is 1. The van der Waals surface area contributed by atoms with E-state index < -0.39 is 0 Å². The van der Waals surface area contributed by atoms with Gasteiger partial charge in [0.05, 0.1) is 10.2 Å². The van der Waals surface area contributed by atoms with Crippen LogP contribution in [-0.2, 0) is 11.3 Å². The number of carbonyl (C=O) groups is 1. The van der Waals surface area contributed by atoms with E-state index in [-0.39, 0.29) is 5.91 Å². The number of aryl methyl sites for hydroxylation is 2. The number of benzene rings is 1. The molecule has 18 heavy (non-hydrogen) atoms. The van der Waals surface area contributed by atoms with Crippen LogP contribution in [0.4, 0.5) is 0 Å². The first-order valence-corrected chi connectivity index (χ1v) is 6.61. The van der Waals surface area contributed by atoms with Gasteiger partial charge in [0.25, 0.3) is 0 Å². The Bertz CT molecular complexity index is 692. The standard InChI is InChI=1S/C14H16N2OS/c1-5-6-16-13-10(3)7-9(2)8-12(13)18-14(16)15-11(4)17/h5,7-8H,1,6H2,2-4H3. The lowest BCUT2D eigenvalue weighted by Crippen LogP contribution is -2.15. The molecule has 0 fully saturated rings. The monoisotopic (exact) mass is 260 g/mol. The van der Waals surface area contributed by atoms with E-state index in [0.717, 1.165) is 15.0 Å². The number of hydrogen-bond acceptors (Lipinski definition) is 2. The Balaban J connectivity index is 2.88. The van der Waals surface area contributed by atoms with Gasteiger partial charge in [-0.1, -0.05) is 23.5 Å². The highest BCUT2D eigenvalue weighted by molar-refractivity contribution is 7.16. The highest BCUT2D eigenvalue weighted by Gasteiger charge is 2.08. The van der Waals surface area contributed by atoms with Gasteiger partial charge in [-0.25, -0.2) is 0 Å². The number of carbonyl (C=O) groups excluding carboxylic acids is 1. The highest BCUT2D eigenvalue weighted by Crippen LogP contribution is 2.23. The molecular formula is C14H16N2OS. The quantitative estimate of drug-likeness (QED) is 0.764. The summed E-state index contributed by atoms with van der Waals surface area (Å²) in [7, 11) is 0. The molecule has 1 amide bonds. The van der Waals surface area contributed by atoms with Crippen molar-refractivity contribution in [2.24, 2.45) is 4.99 Å². The summed E-state index contributed by atoms with van der Waals surface area (Å²) in [5.74, 6) is -0.172. The van der Waals surface area contributed by atoms with E-state index in [4.69, 9.17) is 0 Å². The highest BCUT2D eigenvalue weighted by atomic mass is 32.1. The van der Waals surface area contributed by atoms with E-state index in [9.17, 15) is 4.79 Å². The third-order valence-corrected chi connectivity index (χ3v) is 3.70. The van der Waals surface area contributed by atoms with E-state index in [1.54, 1.807) is 11.3 Å². The number of thiazole rings is 1. The maximum absolute atomic E-state index is 11.2. The van der Waals surface area contributed by atoms with Gasteiger partial charge in [0.1, 0.15) is 0 Å². The SMILES string of the molecule is C=CCn1c(=NC(C)=O)sc2cc(C)cc(C)c21. The van der Waals surface area contributed by atoms with Crippen molar-refractivity contribution in [2.75, 3.05) is 0 Å². The third kappa shape index (κ3) is 2.29. The Morgan fingerprint density at radius 1 is 1.50 bits per heavy atom. The van der Waals surface area contributed by atoms with Crippen molar-refractivity contribution in [3.63, 3.8) is 0 Å². The first-order valence-electron chi connectivity index (χ1n) is 5.79. The van der Waals surface area contributed by atoms with Crippen molar-refractivity contribution in [1.29, 1.82) is 0 Å². The molecule has 2 rings (SSSR count). The molecule has 0 spiro atoms. The largest absolute Gasteiger partial charge is 0.312 e. The second-order valence-corrected chi connectivity index (χ2v) is 5.35. The zero-order valence-corrected chi connectivity index (χ0v) is 11.7. The molecular weight excluding hydrogens is 244 g/mol. The second kappa shape index (κ2) is 4.90. The van der Waals surface area contributed by atoms with Crippen LogP contribution in [0.2, 0.25) is 0 Å². The van der Waals surface area contributed by atoms with Gasteiger partial charge in [-0.15, -0.1) is 6.58 Å². The molecule has 4 heteroatoms. The molecule has 0 aliphatic heterocycles. The van der Waals surface area contributed by atoms with Crippen LogP contribution in [0.3, 0.4) is 0 Å². The average Bonchev–Trinajstić information content (AvgIpc) is 2.56. The summed E-state index contributed by atoms with van der Waals surface area (Å²) >= 11 is 1.55. The fourth-order valence-corrected chi connectivity index (χ4v) is 3.37. The van der Waals surface area contributed by atoms with E-state index in [0.29, 0.717) is 6.54 Å². The van der Waals surface area contributed by atoms with Gasteiger partial charge in [-0.05, 0) is 31.0 Å². The Hall–Kier alpha value is -1.68. The summed E-state index contributed by atoms with van der Waals surface area (Å²) in [5.41, 5.74) is 3.57. The number of rotatable bonds is 2. The Kier molecular flexibility index (Phi) is 3.48. The van der Waals surface area contributed by atoms with Crippen LogP contribution in [0.25, 0.3) is 10.2 Å². The molecule has 1 aromatic carbocycles. The van der Waals surface area contributed by atoms with E-state index in [2.05, 4.69) is 37.6 Å². The van der Waals surface area contributed by atoms with Crippen LogP contribution in [0.1, 0.15) is 18.1 Å². The normalized spacial score (nSPS) is 12.1. The van der Waals surface area contributed by atoms with Crippen molar-refractivity contribution in [2.45, 2.75) is 27.3 Å². The lowest BCUT2D eigenvalue weighted by Gasteiger charge is -2.04. The van der Waals surface area contributed by atoms with Crippen molar-refractivity contribution >= 4 is 27.5 Å². The van der Waals surface area contributed by atoms with Crippen molar-refractivity contribution in [1.82, 2.24) is 4.57 Å². The number of aromatic nitrogens is 1. The topological polar surface area (TPSA) is 34.4 Å². The number of fused-ring (bicyclic) bond motifs is 1. The maximum atomic E-state index is 11.2. The minimum Gasteiger partial charge on any atom is -0.312 e. The van der Waals surface area contributed by atoms with Crippen LogP contribution in [0.15, 0.2) is 29.8 Å². The summed E-state index contributed by atoms with van der Waals surface area (Å²) in [6.07, 6.45) is 1.82. The molecule has 2 aromatic rings. The molecule has 0 unspecified atom stereocenters. The van der Waals surface area contributed by atoms with Gasteiger partial charge in [0.15, 0.2) is 4.80 Å². The first kappa shape index (κ1) is 12.8. The maximum Gasteiger partial charge on any atom is 0.245 e. The number of amides is 1. The van der Waals surface area contributed by atoms with Gasteiger partial charge >= 0.3 is 0 Å². The summed E-state index contributed by atoms with van der Waals surface area (Å²) in [5, 5.41) is 0. The molecule has 3 nitrogen and oxygen atoms in total. The van der Waals surface area contributed by atoms with Gasteiger partial charge in [-0.2, -0.15) is 4.99 Å². The Labute approximate surface area is 110 Å². The van der Waals surface area contributed by atoms with Gasteiger partial charge in [0.2, 0.25) is 5.91 Å². The lowest BCUT2D eigenvalue weighted by molar-refractivity contribution is -0.116. The summed E-state index contributed by atoms with van der Waals surface area (Å²) in [6.45, 7) is 10.1. The Morgan fingerprint density at radius 3 is 2.83 bits per heavy atom. The molecule has 0 radical (unpaired) electrons. The molecule has 0 aliphatic carbocycles. The smallest absolute Gasteiger partial charge is 0.245 e. The average molecular weight is 260 g/mol. The van der Waals surface area contributed by atoms with Crippen molar-refractivity contribution in [3.8, 4) is 0 Å². The third-order valence-electron chi connectivity index (χ3n) is 2.68. The predicted molar refractivity (Wildman–Crippen MR) is 75.7 cm³/mol. The zero-order valence-electron chi connectivity index (χ0n) is 10.9. The van der Waals surface area contributed by atoms with Crippen LogP contribution in [-0.4, -0.2) is 10.5 Å². The Morgan fingerprint density at radius 2 is 2.22 bits per heavy atom. The van der Waals surface area contributed by atoms with Crippen LogP contribution in [0, 0.1) is 13.8 Å². The molecule has 1 heterocycles. The minimum atomic E-state index is -0.172. The zero-order chi connectivity index (χ0) is 13.3. The molecule has 0 saturated carbocycles. The molecule has 0 atom stereocenters. The van der Waals surface area contributed by atoms with Gasteiger partial charge in [0, 0.05) is 13.5 Å².